The highest BCUT2D eigenvalue weighted by Crippen LogP contribution is 2.43. The van der Waals surface area contributed by atoms with E-state index in [9.17, 15) is 19.0 Å². The molecule has 59 heavy (non-hydrogen) atoms. The summed E-state index contributed by atoms with van der Waals surface area (Å²) < 4.78 is 32.8. The molecule has 0 saturated heterocycles. The Kier molecular flexibility index (Phi) is 43.5. The predicted molar refractivity (Wildman–Crippen MR) is 247 cm³/mol. The number of carbonyl (C=O) groups is 2. The number of unbranched alkanes of at least 4 members (excludes halogenated alkanes) is 21. The van der Waals surface area contributed by atoms with Crippen LogP contribution in [0.5, 0.6) is 0 Å². The molecule has 0 aromatic heterocycles. The highest BCUT2D eigenvalue weighted by Gasteiger charge is 2.25. The molecule has 3 N–H and O–H groups in total. The standard InChI is InChI=1S/C49H88NO8P/c1-3-5-7-9-11-13-15-17-19-21-23-25-27-29-31-33-35-37-39-41-48(51)55-45-47(46-57-59(53,54)56-44-43-50)58-49(52)42-40-38-36-34-32-30-28-26-24-22-20-18-16-14-12-10-8-6-4-2/h12,14,18,20,24,26,30,32,36,38,47H,3-11,13,15-17,19,21-23,25,27-29,31,33-35,37,39-46,50H2,1-2H3,(H,53,54)/b14-12+,20-18+,26-24+,32-30+,38-36+/t47-/m1/s1. The normalized spacial score (nSPS) is 13.8. The SMILES string of the molecule is CCCCC/C=C/C/C=C/C/C=C/C/C=C/C/C=C/CCC(=O)O[C@H](COC(=O)CCCCCCCCCCCCCCCCCCCCC)COP(=O)(O)OCCN. The first-order valence-corrected chi connectivity index (χ1v) is 25.3. The van der Waals surface area contributed by atoms with E-state index in [-0.39, 0.29) is 32.6 Å². The third-order valence-electron chi connectivity index (χ3n) is 9.92. The van der Waals surface area contributed by atoms with Gasteiger partial charge in [-0.15, -0.1) is 0 Å². The van der Waals surface area contributed by atoms with Crippen LogP contribution < -0.4 is 5.73 Å². The van der Waals surface area contributed by atoms with Crippen LogP contribution in [-0.2, 0) is 32.7 Å². The van der Waals surface area contributed by atoms with Gasteiger partial charge in [0.2, 0.25) is 0 Å². The van der Waals surface area contributed by atoms with E-state index in [0.717, 1.165) is 44.9 Å². The molecule has 0 radical (unpaired) electrons. The Morgan fingerprint density at radius 2 is 0.915 bits per heavy atom. The van der Waals surface area contributed by atoms with Crippen LogP contribution in [0.1, 0.15) is 206 Å². The van der Waals surface area contributed by atoms with Crippen LogP contribution in [0.4, 0.5) is 0 Å². The minimum absolute atomic E-state index is 0.0410. The molecule has 2 atom stereocenters. The molecule has 0 fully saturated rings. The molecule has 342 valence electrons. The molecule has 0 aliphatic heterocycles. The summed E-state index contributed by atoms with van der Waals surface area (Å²) in [4.78, 5) is 34.9. The minimum Gasteiger partial charge on any atom is -0.462 e. The fourth-order valence-electron chi connectivity index (χ4n) is 6.38. The summed E-state index contributed by atoms with van der Waals surface area (Å²) in [6.07, 6.45) is 54.1. The van der Waals surface area contributed by atoms with E-state index < -0.39 is 32.5 Å². The average molecular weight is 850 g/mol. The lowest BCUT2D eigenvalue weighted by Crippen LogP contribution is -2.29. The number of hydrogen-bond donors (Lipinski definition) is 2. The zero-order valence-corrected chi connectivity index (χ0v) is 38.6. The van der Waals surface area contributed by atoms with Gasteiger partial charge < -0.3 is 20.1 Å². The number of esters is 2. The van der Waals surface area contributed by atoms with Crippen LogP contribution in [0.3, 0.4) is 0 Å². The van der Waals surface area contributed by atoms with Crippen molar-refractivity contribution in [2.45, 2.75) is 213 Å². The zero-order valence-electron chi connectivity index (χ0n) is 37.7. The molecule has 0 amide bonds. The largest absolute Gasteiger partial charge is 0.472 e. The van der Waals surface area contributed by atoms with Gasteiger partial charge in [0.05, 0.1) is 13.2 Å². The van der Waals surface area contributed by atoms with Crippen molar-refractivity contribution >= 4 is 19.8 Å². The molecule has 1 unspecified atom stereocenters. The summed E-state index contributed by atoms with van der Waals surface area (Å²) in [7, 11) is -4.40. The zero-order chi connectivity index (χ0) is 43.2. The van der Waals surface area contributed by atoms with Gasteiger partial charge in [-0.3, -0.25) is 18.6 Å². The second-order valence-corrected chi connectivity index (χ2v) is 17.1. The molecule has 0 aromatic carbocycles. The molecule has 9 nitrogen and oxygen atoms in total. The van der Waals surface area contributed by atoms with Gasteiger partial charge in [-0.25, -0.2) is 4.57 Å². The van der Waals surface area contributed by atoms with Gasteiger partial charge in [-0.2, -0.15) is 0 Å². The van der Waals surface area contributed by atoms with Crippen molar-refractivity contribution in [1.82, 2.24) is 0 Å². The Morgan fingerprint density at radius 1 is 0.508 bits per heavy atom. The third-order valence-corrected chi connectivity index (χ3v) is 10.9. The first-order chi connectivity index (χ1) is 28.8. The van der Waals surface area contributed by atoms with E-state index in [0.29, 0.717) is 6.42 Å². The van der Waals surface area contributed by atoms with Gasteiger partial charge in [-0.05, 0) is 51.4 Å². The molecular weight excluding hydrogens is 762 g/mol. The van der Waals surface area contributed by atoms with Crippen molar-refractivity contribution in [2.75, 3.05) is 26.4 Å². The van der Waals surface area contributed by atoms with Gasteiger partial charge in [0.25, 0.3) is 0 Å². The van der Waals surface area contributed by atoms with E-state index in [1.807, 2.05) is 12.2 Å². The summed E-state index contributed by atoms with van der Waals surface area (Å²) in [5.74, 6) is -0.921. The molecule has 0 heterocycles. The lowest BCUT2D eigenvalue weighted by atomic mass is 10.0. The monoisotopic (exact) mass is 850 g/mol. The van der Waals surface area contributed by atoms with E-state index in [4.69, 9.17) is 24.3 Å². The lowest BCUT2D eigenvalue weighted by molar-refractivity contribution is -0.161. The van der Waals surface area contributed by atoms with Gasteiger partial charge in [-0.1, -0.05) is 203 Å². The maximum atomic E-state index is 12.6. The second-order valence-electron chi connectivity index (χ2n) is 15.6. The Labute approximate surface area is 361 Å². The van der Waals surface area contributed by atoms with Gasteiger partial charge in [0.15, 0.2) is 6.10 Å². The maximum Gasteiger partial charge on any atom is 0.472 e. The van der Waals surface area contributed by atoms with E-state index in [1.165, 1.54) is 128 Å². The molecule has 0 aromatic rings. The van der Waals surface area contributed by atoms with Crippen LogP contribution >= 0.6 is 7.82 Å². The molecule has 0 saturated carbocycles. The molecule has 0 bridgehead atoms. The average Bonchev–Trinajstić information content (AvgIpc) is 3.22. The smallest absolute Gasteiger partial charge is 0.462 e. The highest BCUT2D eigenvalue weighted by molar-refractivity contribution is 7.47. The molecule has 0 rings (SSSR count). The van der Waals surface area contributed by atoms with Gasteiger partial charge in [0, 0.05) is 19.4 Å². The number of hydrogen-bond acceptors (Lipinski definition) is 8. The van der Waals surface area contributed by atoms with E-state index in [2.05, 4.69) is 62.5 Å². The second kappa shape index (κ2) is 45.2. The van der Waals surface area contributed by atoms with Crippen molar-refractivity contribution in [1.29, 1.82) is 0 Å². The maximum absolute atomic E-state index is 12.6. The van der Waals surface area contributed by atoms with E-state index >= 15 is 0 Å². The Morgan fingerprint density at radius 3 is 1.37 bits per heavy atom. The quantitative estimate of drug-likeness (QED) is 0.0266. The van der Waals surface area contributed by atoms with Crippen LogP contribution in [-0.4, -0.2) is 49.3 Å². The Hall–Kier alpha value is -2.29. The number of phosphoric acid groups is 1. The summed E-state index contributed by atoms with van der Waals surface area (Å²) in [5.41, 5.74) is 5.35. The molecule has 10 heteroatoms. The van der Waals surface area contributed by atoms with Crippen molar-refractivity contribution in [2.24, 2.45) is 5.73 Å². The number of phosphoric ester groups is 1. The molecule has 0 aliphatic rings. The minimum atomic E-state index is -4.40. The molecule has 0 aliphatic carbocycles. The summed E-state index contributed by atoms with van der Waals surface area (Å²) in [6.45, 7) is 3.64. The summed E-state index contributed by atoms with van der Waals surface area (Å²) in [5, 5.41) is 0. The van der Waals surface area contributed by atoms with Crippen molar-refractivity contribution < 1.29 is 37.6 Å². The van der Waals surface area contributed by atoms with Crippen molar-refractivity contribution in [3.8, 4) is 0 Å². The van der Waals surface area contributed by atoms with Gasteiger partial charge >= 0.3 is 19.8 Å². The first kappa shape index (κ1) is 56.7. The first-order valence-electron chi connectivity index (χ1n) is 23.8. The Bertz CT molecular complexity index is 1150. The van der Waals surface area contributed by atoms with Crippen LogP contribution in [0.25, 0.3) is 0 Å². The van der Waals surface area contributed by atoms with E-state index in [1.54, 1.807) is 0 Å². The van der Waals surface area contributed by atoms with Crippen molar-refractivity contribution in [3.63, 3.8) is 0 Å². The topological polar surface area (TPSA) is 134 Å². The summed E-state index contributed by atoms with van der Waals surface area (Å²) >= 11 is 0. The van der Waals surface area contributed by atoms with Gasteiger partial charge in [0.1, 0.15) is 6.61 Å². The third kappa shape index (κ3) is 45.1. The molecular formula is C49H88NO8P. The fraction of sp³-hybridized carbons (Fsp3) is 0.755. The summed E-state index contributed by atoms with van der Waals surface area (Å²) in [6, 6.07) is 0. The lowest BCUT2D eigenvalue weighted by Gasteiger charge is -2.19. The fourth-order valence-corrected chi connectivity index (χ4v) is 7.15. The highest BCUT2D eigenvalue weighted by atomic mass is 31.2. The Balaban J connectivity index is 4.20. The number of nitrogens with two attached hydrogens (primary N) is 1. The number of rotatable bonds is 44. The van der Waals surface area contributed by atoms with Crippen LogP contribution in [0.2, 0.25) is 0 Å². The molecule has 0 spiro atoms. The van der Waals surface area contributed by atoms with Crippen LogP contribution in [0, 0.1) is 0 Å². The number of allylic oxidation sites excluding steroid dienone is 10. The number of carbonyl (C=O) groups excluding carboxylic acids is 2. The predicted octanol–water partition coefficient (Wildman–Crippen LogP) is 14.1. The number of ether oxygens (including phenoxy) is 2. The van der Waals surface area contributed by atoms with Crippen molar-refractivity contribution in [3.05, 3.63) is 60.8 Å². The van der Waals surface area contributed by atoms with Crippen LogP contribution in [0.15, 0.2) is 60.8 Å².